The molecule has 1 aromatic carbocycles. The van der Waals surface area contributed by atoms with Gasteiger partial charge >= 0.3 is 0 Å². The fraction of sp³-hybridized carbons (Fsp3) is 0.400. The van der Waals surface area contributed by atoms with E-state index >= 15 is 0 Å². The van der Waals surface area contributed by atoms with E-state index in [-0.39, 0.29) is 6.10 Å². The number of aromatic nitrogens is 1. The van der Waals surface area contributed by atoms with Crippen LogP contribution in [-0.2, 0) is 4.74 Å². The van der Waals surface area contributed by atoms with E-state index in [9.17, 15) is 5.21 Å². The molecular weight excluding hydrogens is 254 g/mol. The summed E-state index contributed by atoms with van der Waals surface area (Å²) in [5, 5.41) is 16.3. The van der Waals surface area contributed by atoms with Crippen molar-refractivity contribution in [2.45, 2.75) is 12.1 Å². The van der Waals surface area contributed by atoms with Gasteiger partial charge in [0.1, 0.15) is 0 Å². The van der Waals surface area contributed by atoms with Crippen molar-refractivity contribution < 1.29 is 9.47 Å². The largest absolute Gasteiger partial charge is 0.618 e. The molecule has 5 nitrogen and oxygen atoms in total. The molecule has 1 N–H and O–H groups in total. The number of morpholine rings is 1. The van der Waals surface area contributed by atoms with Gasteiger partial charge in [0.25, 0.3) is 0 Å². The molecule has 2 fully saturated rings. The normalized spacial score (nSPS) is 25.9. The first kappa shape index (κ1) is 11.9. The van der Waals surface area contributed by atoms with Crippen LogP contribution in [-0.4, -0.2) is 38.4 Å². The van der Waals surface area contributed by atoms with Crippen LogP contribution in [0.1, 0.15) is 0 Å². The average molecular weight is 271 g/mol. The fourth-order valence-corrected chi connectivity index (χ4v) is 3.17. The van der Waals surface area contributed by atoms with Gasteiger partial charge in [0, 0.05) is 42.8 Å². The predicted octanol–water partition coefficient (Wildman–Crippen LogP) is 0.650. The molecule has 2 aromatic rings. The molecule has 4 rings (SSSR count). The Bertz CT molecular complexity index is 632. The summed E-state index contributed by atoms with van der Waals surface area (Å²) in [6, 6.07) is 10.2. The number of ether oxygens (including phenoxy) is 1. The highest BCUT2D eigenvalue weighted by atomic mass is 16.5. The summed E-state index contributed by atoms with van der Waals surface area (Å²) in [5.74, 6) is 0. The molecule has 0 spiro atoms. The number of fused-ring (bicyclic) bond motifs is 2. The van der Waals surface area contributed by atoms with Gasteiger partial charge < -0.3 is 20.2 Å². The van der Waals surface area contributed by atoms with Gasteiger partial charge in [-0.2, -0.15) is 4.73 Å². The Morgan fingerprint density at radius 2 is 2.25 bits per heavy atom. The quantitative estimate of drug-likeness (QED) is 0.611. The third kappa shape index (κ3) is 1.90. The summed E-state index contributed by atoms with van der Waals surface area (Å²) >= 11 is 0. The minimum Gasteiger partial charge on any atom is -0.618 e. The van der Waals surface area contributed by atoms with Gasteiger partial charge in [0.2, 0.25) is 5.52 Å². The van der Waals surface area contributed by atoms with Crippen molar-refractivity contribution >= 4 is 16.6 Å². The van der Waals surface area contributed by atoms with Crippen molar-refractivity contribution in [2.24, 2.45) is 0 Å². The maximum atomic E-state index is 11.9. The van der Waals surface area contributed by atoms with E-state index < -0.39 is 0 Å². The minimum atomic E-state index is 0.259. The van der Waals surface area contributed by atoms with Crippen LogP contribution in [0.2, 0.25) is 0 Å². The molecule has 0 amide bonds. The maximum Gasteiger partial charge on any atom is 0.225 e. The van der Waals surface area contributed by atoms with E-state index in [1.165, 1.54) is 0 Å². The zero-order valence-electron chi connectivity index (χ0n) is 11.2. The van der Waals surface area contributed by atoms with Crippen LogP contribution in [0.5, 0.6) is 0 Å². The first-order valence-electron chi connectivity index (χ1n) is 7.03. The van der Waals surface area contributed by atoms with Crippen molar-refractivity contribution in [3.63, 3.8) is 0 Å². The SMILES string of the molecule is [O-][n+]1cccc2ccc(N3CC4NCCOC4C3)cc21. The van der Waals surface area contributed by atoms with Gasteiger partial charge in [0.15, 0.2) is 6.20 Å². The van der Waals surface area contributed by atoms with Crippen LogP contribution in [0, 0.1) is 5.21 Å². The lowest BCUT2D eigenvalue weighted by molar-refractivity contribution is -0.576. The van der Waals surface area contributed by atoms with E-state index in [0.717, 1.165) is 42.0 Å². The lowest BCUT2D eigenvalue weighted by Crippen LogP contribution is -2.47. The van der Waals surface area contributed by atoms with Crippen molar-refractivity contribution in [3.8, 4) is 0 Å². The summed E-state index contributed by atoms with van der Waals surface area (Å²) < 4.78 is 6.72. The monoisotopic (exact) mass is 271 g/mol. The highest BCUT2D eigenvalue weighted by Crippen LogP contribution is 2.25. The predicted molar refractivity (Wildman–Crippen MR) is 76.7 cm³/mol. The van der Waals surface area contributed by atoms with Crippen LogP contribution in [0.25, 0.3) is 10.9 Å². The molecule has 0 bridgehead atoms. The number of nitrogens with one attached hydrogen (secondary N) is 1. The average Bonchev–Trinajstić information content (AvgIpc) is 2.91. The first-order valence-corrected chi connectivity index (χ1v) is 7.03. The van der Waals surface area contributed by atoms with Gasteiger partial charge in [-0.05, 0) is 18.2 Å². The van der Waals surface area contributed by atoms with Gasteiger partial charge in [-0.15, -0.1) is 0 Å². The van der Waals surface area contributed by atoms with Crippen molar-refractivity contribution in [1.82, 2.24) is 5.32 Å². The second kappa shape index (κ2) is 4.61. The highest BCUT2D eigenvalue weighted by molar-refractivity contribution is 5.79. The number of rotatable bonds is 1. The van der Waals surface area contributed by atoms with Gasteiger partial charge in [-0.3, -0.25) is 0 Å². The molecule has 104 valence electrons. The minimum absolute atomic E-state index is 0.259. The third-order valence-corrected chi connectivity index (χ3v) is 4.22. The Hall–Kier alpha value is -1.85. The molecule has 2 atom stereocenters. The molecule has 2 unspecified atom stereocenters. The zero-order chi connectivity index (χ0) is 13.5. The first-order chi connectivity index (χ1) is 9.81. The topological polar surface area (TPSA) is 51.4 Å². The van der Waals surface area contributed by atoms with E-state index in [1.54, 1.807) is 12.3 Å². The molecule has 2 aliphatic heterocycles. The van der Waals surface area contributed by atoms with Crippen LogP contribution < -0.4 is 14.9 Å². The molecule has 0 radical (unpaired) electrons. The molecule has 3 heterocycles. The number of hydrogen-bond acceptors (Lipinski definition) is 4. The highest BCUT2D eigenvalue weighted by Gasteiger charge is 2.35. The van der Waals surface area contributed by atoms with E-state index in [2.05, 4.69) is 16.3 Å². The zero-order valence-corrected chi connectivity index (χ0v) is 11.2. The Labute approximate surface area is 117 Å². The van der Waals surface area contributed by atoms with Crippen LogP contribution >= 0.6 is 0 Å². The van der Waals surface area contributed by atoms with Crippen LogP contribution in [0.3, 0.4) is 0 Å². The van der Waals surface area contributed by atoms with Gasteiger partial charge in [-0.1, -0.05) is 0 Å². The summed E-state index contributed by atoms with van der Waals surface area (Å²) in [6.07, 6.45) is 1.80. The molecule has 2 aliphatic rings. The number of benzene rings is 1. The van der Waals surface area contributed by atoms with Gasteiger partial charge in [0.05, 0.1) is 18.8 Å². The second-order valence-electron chi connectivity index (χ2n) is 5.45. The Morgan fingerprint density at radius 3 is 3.15 bits per heavy atom. The fourth-order valence-electron chi connectivity index (χ4n) is 3.17. The number of hydrogen-bond donors (Lipinski definition) is 1. The third-order valence-electron chi connectivity index (χ3n) is 4.22. The summed E-state index contributed by atoms with van der Waals surface area (Å²) in [7, 11) is 0. The molecule has 0 aliphatic carbocycles. The Morgan fingerprint density at radius 1 is 1.30 bits per heavy atom. The van der Waals surface area contributed by atoms with Crippen molar-refractivity contribution in [2.75, 3.05) is 31.1 Å². The molecule has 5 heteroatoms. The molecule has 1 aromatic heterocycles. The summed E-state index contributed by atoms with van der Waals surface area (Å²) in [5.41, 5.74) is 1.81. The summed E-state index contributed by atoms with van der Waals surface area (Å²) in [6.45, 7) is 3.53. The smallest absolute Gasteiger partial charge is 0.225 e. The van der Waals surface area contributed by atoms with Crippen LogP contribution in [0.15, 0.2) is 36.5 Å². The standard InChI is InChI=1S/C15H17N3O2/c19-18-6-1-2-11-3-4-12(8-14(11)18)17-9-13-15(10-17)20-7-5-16-13/h1-4,6,8,13,15-16H,5,7,9-10H2. The van der Waals surface area contributed by atoms with E-state index in [1.807, 2.05) is 18.2 Å². The molecule has 20 heavy (non-hydrogen) atoms. The molecule has 2 saturated heterocycles. The van der Waals surface area contributed by atoms with Crippen molar-refractivity contribution in [3.05, 3.63) is 41.7 Å². The summed E-state index contributed by atoms with van der Waals surface area (Å²) in [4.78, 5) is 2.29. The van der Waals surface area contributed by atoms with Crippen LogP contribution in [0.4, 0.5) is 5.69 Å². The van der Waals surface area contributed by atoms with E-state index in [0.29, 0.717) is 11.6 Å². The van der Waals surface area contributed by atoms with Gasteiger partial charge in [-0.25, -0.2) is 0 Å². The van der Waals surface area contributed by atoms with Crippen molar-refractivity contribution in [1.29, 1.82) is 0 Å². The van der Waals surface area contributed by atoms with E-state index in [4.69, 9.17) is 4.74 Å². The molecule has 0 saturated carbocycles. The Balaban J connectivity index is 1.67. The lowest BCUT2D eigenvalue weighted by atomic mass is 10.2. The molecular formula is C15H17N3O2. The Kier molecular flexibility index (Phi) is 2.75. The second-order valence-corrected chi connectivity index (χ2v) is 5.45. The number of anilines is 1. The number of nitrogens with zero attached hydrogens (tertiary/aromatic N) is 2. The lowest BCUT2D eigenvalue weighted by Gasteiger charge is -2.25. The maximum absolute atomic E-state index is 11.9. The number of pyridine rings is 1.